The largest absolute Gasteiger partial charge is 0.481 e. The summed E-state index contributed by atoms with van der Waals surface area (Å²) >= 11 is 0. The second-order valence-corrected chi connectivity index (χ2v) is 4.43. The number of nitrogens with zero attached hydrogens (tertiary/aromatic N) is 2. The highest BCUT2D eigenvalue weighted by molar-refractivity contribution is 5.83. The average molecular weight is 253 g/mol. The molecule has 3 aromatic rings. The molecule has 2 heterocycles. The number of nitrogen functional groups attached to an aromatic ring is 1. The first-order valence-electron chi connectivity index (χ1n) is 6.10. The van der Waals surface area contributed by atoms with Crippen molar-refractivity contribution in [1.82, 2.24) is 9.55 Å². The van der Waals surface area contributed by atoms with E-state index in [1.807, 2.05) is 30.3 Å². The highest BCUT2D eigenvalue weighted by atomic mass is 16.5. The molecule has 3 rings (SSSR count). The molecule has 0 amide bonds. The van der Waals surface area contributed by atoms with Crippen molar-refractivity contribution in [3.63, 3.8) is 0 Å². The lowest BCUT2D eigenvalue weighted by Crippen LogP contribution is -2.01. The summed E-state index contributed by atoms with van der Waals surface area (Å²) in [6.45, 7) is 0.727. The monoisotopic (exact) mass is 253 g/mol. The van der Waals surface area contributed by atoms with Crippen molar-refractivity contribution in [3.8, 4) is 5.88 Å². The Labute approximate surface area is 111 Å². The Hall–Kier alpha value is -2.49. The zero-order chi connectivity index (χ0) is 13.2. The van der Waals surface area contributed by atoms with E-state index in [0.717, 1.165) is 28.7 Å². The molecule has 0 saturated carbocycles. The fraction of sp³-hybridized carbons (Fsp3) is 0.133. The summed E-state index contributed by atoms with van der Waals surface area (Å²) in [5.74, 6) is 0.666. The number of nitrogens with two attached hydrogens (primary N) is 1. The van der Waals surface area contributed by atoms with Gasteiger partial charge in [-0.1, -0.05) is 6.07 Å². The number of hydrogen-bond donors (Lipinski definition) is 1. The minimum atomic E-state index is 0.666. The zero-order valence-electron chi connectivity index (χ0n) is 10.7. The Kier molecular flexibility index (Phi) is 2.83. The van der Waals surface area contributed by atoms with Gasteiger partial charge in [0.25, 0.3) is 0 Å². The number of aromatic nitrogens is 2. The molecule has 96 valence electrons. The summed E-state index contributed by atoms with van der Waals surface area (Å²) in [6.07, 6.45) is 3.79. The number of ether oxygens (including phenoxy) is 1. The maximum absolute atomic E-state index is 5.79. The van der Waals surface area contributed by atoms with Crippen LogP contribution in [0, 0.1) is 0 Å². The summed E-state index contributed by atoms with van der Waals surface area (Å²) in [6, 6.07) is 11.9. The molecule has 2 aromatic heterocycles. The zero-order valence-corrected chi connectivity index (χ0v) is 10.7. The van der Waals surface area contributed by atoms with Gasteiger partial charge in [0.15, 0.2) is 0 Å². The molecular weight excluding hydrogens is 238 g/mol. The lowest BCUT2D eigenvalue weighted by Gasteiger charge is -2.09. The number of rotatable bonds is 3. The molecule has 19 heavy (non-hydrogen) atoms. The van der Waals surface area contributed by atoms with Gasteiger partial charge in [0.1, 0.15) is 0 Å². The van der Waals surface area contributed by atoms with Crippen LogP contribution in [-0.4, -0.2) is 16.7 Å². The normalized spacial score (nSPS) is 10.8. The quantitative estimate of drug-likeness (QED) is 0.730. The van der Waals surface area contributed by atoms with E-state index < -0.39 is 0 Å². The fourth-order valence-electron chi connectivity index (χ4n) is 2.27. The molecule has 0 fully saturated rings. The summed E-state index contributed by atoms with van der Waals surface area (Å²) < 4.78 is 7.44. The fourth-order valence-corrected chi connectivity index (χ4v) is 2.27. The maximum Gasteiger partial charge on any atom is 0.218 e. The molecule has 0 spiro atoms. The molecule has 2 N–H and O–H groups in total. The minimum absolute atomic E-state index is 0.666. The second-order valence-electron chi connectivity index (χ2n) is 4.43. The van der Waals surface area contributed by atoms with E-state index in [9.17, 15) is 0 Å². The highest BCUT2D eigenvalue weighted by Gasteiger charge is 2.06. The van der Waals surface area contributed by atoms with E-state index in [2.05, 4.69) is 21.8 Å². The molecule has 0 bridgehead atoms. The van der Waals surface area contributed by atoms with Crippen LogP contribution < -0.4 is 10.5 Å². The summed E-state index contributed by atoms with van der Waals surface area (Å²) in [5.41, 5.74) is 8.78. The Morgan fingerprint density at radius 3 is 3.00 bits per heavy atom. The predicted octanol–water partition coefficient (Wildman–Crippen LogP) is 2.68. The van der Waals surface area contributed by atoms with Gasteiger partial charge in [-0.25, -0.2) is 4.98 Å². The van der Waals surface area contributed by atoms with Gasteiger partial charge in [-0.2, -0.15) is 0 Å². The van der Waals surface area contributed by atoms with Crippen molar-refractivity contribution < 1.29 is 4.74 Å². The van der Waals surface area contributed by atoms with Gasteiger partial charge in [-0.05, 0) is 30.3 Å². The Balaban J connectivity index is 2.01. The third kappa shape index (κ3) is 2.12. The molecule has 0 aliphatic carbocycles. The van der Waals surface area contributed by atoms with Crippen molar-refractivity contribution in [2.45, 2.75) is 6.54 Å². The van der Waals surface area contributed by atoms with Crippen molar-refractivity contribution in [2.24, 2.45) is 0 Å². The van der Waals surface area contributed by atoms with E-state index in [0.29, 0.717) is 5.88 Å². The number of anilines is 1. The van der Waals surface area contributed by atoms with Crippen LogP contribution in [0.15, 0.2) is 48.8 Å². The van der Waals surface area contributed by atoms with Gasteiger partial charge in [-0.3, -0.25) is 0 Å². The molecule has 0 unspecified atom stereocenters. The van der Waals surface area contributed by atoms with Gasteiger partial charge >= 0.3 is 0 Å². The van der Waals surface area contributed by atoms with E-state index in [1.165, 1.54) is 0 Å². The topological polar surface area (TPSA) is 53.1 Å². The van der Waals surface area contributed by atoms with Gasteiger partial charge in [0, 0.05) is 34.5 Å². The number of hydrogen-bond acceptors (Lipinski definition) is 3. The third-order valence-corrected chi connectivity index (χ3v) is 3.18. The van der Waals surface area contributed by atoms with Gasteiger partial charge in [0.05, 0.1) is 13.7 Å². The first kappa shape index (κ1) is 11.6. The minimum Gasteiger partial charge on any atom is -0.481 e. The third-order valence-electron chi connectivity index (χ3n) is 3.18. The number of fused-ring (bicyclic) bond motifs is 1. The van der Waals surface area contributed by atoms with Crippen molar-refractivity contribution >= 4 is 16.6 Å². The molecule has 0 aliphatic heterocycles. The SMILES string of the molecule is COc1ncccc1Cn1ccc2cc(N)ccc21. The average Bonchev–Trinajstić information content (AvgIpc) is 2.82. The Morgan fingerprint density at radius 2 is 2.16 bits per heavy atom. The van der Waals surface area contributed by atoms with E-state index in [1.54, 1.807) is 13.3 Å². The first-order valence-corrected chi connectivity index (χ1v) is 6.10. The van der Waals surface area contributed by atoms with Crippen LogP contribution in [0.2, 0.25) is 0 Å². The van der Waals surface area contributed by atoms with Crippen LogP contribution in [0.1, 0.15) is 5.56 Å². The number of pyridine rings is 1. The van der Waals surface area contributed by atoms with Gasteiger partial charge < -0.3 is 15.0 Å². The molecule has 0 radical (unpaired) electrons. The van der Waals surface area contributed by atoms with Gasteiger partial charge in [0.2, 0.25) is 5.88 Å². The van der Waals surface area contributed by atoms with Crippen LogP contribution in [0.5, 0.6) is 5.88 Å². The smallest absolute Gasteiger partial charge is 0.218 e. The Bertz CT molecular complexity index is 718. The Morgan fingerprint density at radius 1 is 1.26 bits per heavy atom. The van der Waals surface area contributed by atoms with Crippen LogP contribution >= 0.6 is 0 Å². The summed E-state index contributed by atoms with van der Waals surface area (Å²) in [7, 11) is 1.64. The maximum atomic E-state index is 5.79. The molecule has 0 saturated heterocycles. The van der Waals surface area contributed by atoms with Crippen LogP contribution in [0.3, 0.4) is 0 Å². The van der Waals surface area contributed by atoms with Crippen LogP contribution in [0.4, 0.5) is 5.69 Å². The first-order chi connectivity index (χ1) is 9.28. The number of benzene rings is 1. The van der Waals surface area contributed by atoms with E-state index >= 15 is 0 Å². The van der Waals surface area contributed by atoms with E-state index in [4.69, 9.17) is 10.5 Å². The summed E-state index contributed by atoms with van der Waals surface area (Å²) in [5, 5.41) is 1.14. The van der Waals surface area contributed by atoms with Crippen LogP contribution in [0.25, 0.3) is 10.9 Å². The highest BCUT2D eigenvalue weighted by Crippen LogP contribution is 2.22. The van der Waals surface area contributed by atoms with E-state index in [-0.39, 0.29) is 0 Å². The molecule has 0 aliphatic rings. The molecule has 1 aromatic carbocycles. The second kappa shape index (κ2) is 4.65. The standard InChI is InChI=1S/C15H15N3O/c1-19-15-12(3-2-7-17-15)10-18-8-6-11-9-13(16)4-5-14(11)18/h2-9H,10,16H2,1H3. The summed E-state index contributed by atoms with van der Waals surface area (Å²) in [4.78, 5) is 4.22. The van der Waals surface area contributed by atoms with Crippen LogP contribution in [-0.2, 0) is 6.54 Å². The molecule has 4 heteroatoms. The molecular formula is C15H15N3O. The van der Waals surface area contributed by atoms with Gasteiger partial charge in [-0.15, -0.1) is 0 Å². The lowest BCUT2D eigenvalue weighted by molar-refractivity contribution is 0.391. The van der Waals surface area contributed by atoms with Crippen molar-refractivity contribution in [1.29, 1.82) is 0 Å². The van der Waals surface area contributed by atoms with Crippen molar-refractivity contribution in [3.05, 3.63) is 54.4 Å². The predicted molar refractivity (Wildman–Crippen MR) is 76.2 cm³/mol. The van der Waals surface area contributed by atoms with Crippen molar-refractivity contribution in [2.75, 3.05) is 12.8 Å². The lowest BCUT2D eigenvalue weighted by atomic mass is 10.2. The number of methoxy groups -OCH3 is 1. The molecule has 0 atom stereocenters. The molecule has 4 nitrogen and oxygen atoms in total.